The van der Waals surface area contributed by atoms with Crippen LogP contribution < -0.4 is 0 Å². The van der Waals surface area contributed by atoms with E-state index < -0.39 is 53.4 Å². The van der Waals surface area contributed by atoms with E-state index in [0.29, 0.717) is 19.3 Å². The number of hydrogen-bond donors (Lipinski definition) is 1. The molecule has 0 aromatic heterocycles. The highest BCUT2D eigenvalue weighted by Gasteiger charge is 2.60. The van der Waals surface area contributed by atoms with Gasteiger partial charge in [-0.1, -0.05) is 38.5 Å². The van der Waals surface area contributed by atoms with Crippen LogP contribution in [-0.4, -0.2) is 54.2 Å². The third-order valence-electron chi connectivity index (χ3n) is 7.62. The number of carbonyl (C=O) groups is 4. The molecule has 2 rings (SSSR count). The predicted molar refractivity (Wildman–Crippen MR) is 129 cm³/mol. The SMILES string of the molecule is CCCC(=O)O[C@H]1CC/C(C)=C\C=C(\[C@@H](C)C(=O)OC)C(=O)[C@H]2[C@H](C)[C@H](O)C[C@H](OC(C)=O)[C@]12C. The Morgan fingerprint density at radius 3 is 2.43 bits per heavy atom. The molecule has 196 valence electrons. The van der Waals surface area contributed by atoms with Gasteiger partial charge >= 0.3 is 17.9 Å². The van der Waals surface area contributed by atoms with Crippen molar-refractivity contribution in [3.05, 3.63) is 23.3 Å². The van der Waals surface area contributed by atoms with Gasteiger partial charge in [-0.3, -0.25) is 19.2 Å². The Bertz CT molecular complexity index is 888. The number of ether oxygens (including phenoxy) is 3. The number of hydrogen-bond acceptors (Lipinski definition) is 8. The summed E-state index contributed by atoms with van der Waals surface area (Å²) < 4.78 is 16.6. The van der Waals surface area contributed by atoms with Crippen molar-refractivity contribution < 1.29 is 38.5 Å². The Hall–Kier alpha value is -2.48. The lowest BCUT2D eigenvalue weighted by atomic mass is 9.54. The molecule has 8 heteroatoms. The predicted octanol–water partition coefficient (Wildman–Crippen LogP) is 3.70. The topological polar surface area (TPSA) is 116 Å². The summed E-state index contributed by atoms with van der Waals surface area (Å²) >= 11 is 0. The molecule has 0 unspecified atom stereocenters. The number of aliphatic hydroxyl groups excluding tert-OH is 1. The fourth-order valence-corrected chi connectivity index (χ4v) is 5.50. The highest BCUT2D eigenvalue weighted by molar-refractivity contribution is 6.02. The molecule has 0 aromatic rings. The summed E-state index contributed by atoms with van der Waals surface area (Å²) in [4.78, 5) is 51.4. The van der Waals surface area contributed by atoms with Gasteiger partial charge in [0.05, 0.1) is 24.5 Å². The lowest BCUT2D eigenvalue weighted by Crippen LogP contribution is -2.61. The van der Waals surface area contributed by atoms with Gasteiger partial charge in [0.1, 0.15) is 12.2 Å². The molecule has 0 heterocycles. The number of fused-ring (bicyclic) bond motifs is 1. The van der Waals surface area contributed by atoms with Gasteiger partial charge in [-0.25, -0.2) is 0 Å². The van der Waals surface area contributed by atoms with Crippen LogP contribution in [0.2, 0.25) is 0 Å². The monoisotopic (exact) mass is 492 g/mol. The van der Waals surface area contributed by atoms with E-state index in [2.05, 4.69) is 0 Å². The summed E-state index contributed by atoms with van der Waals surface area (Å²) in [5, 5.41) is 10.9. The zero-order valence-electron chi connectivity index (χ0n) is 22.0. The number of Topliss-reactive ketones (excluding diaryl/α,β-unsaturated/α-hetero) is 1. The Morgan fingerprint density at radius 2 is 1.86 bits per heavy atom. The van der Waals surface area contributed by atoms with Gasteiger partial charge in [0.25, 0.3) is 0 Å². The van der Waals surface area contributed by atoms with Crippen molar-refractivity contribution in [2.75, 3.05) is 7.11 Å². The molecule has 35 heavy (non-hydrogen) atoms. The zero-order chi connectivity index (χ0) is 26.5. The van der Waals surface area contributed by atoms with Crippen molar-refractivity contribution in [3.8, 4) is 0 Å². The molecule has 1 saturated carbocycles. The lowest BCUT2D eigenvalue weighted by molar-refractivity contribution is -0.205. The van der Waals surface area contributed by atoms with Gasteiger partial charge in [0, 0.05) is 31.3 Å². The minimum absolute atomic E-state index is 0.114. The zero-order valence-corrected chi connectivity index (χ0v) is 22.0. The normalized spacial score (nSPS) is 35.3. The molecule has 8 nitrogen and oxygen atoms in total. The minimum Gasteiger partial charge on any atom is -0.469 e. The number of esters is 3. The van der Waals surface area contributed by atoms with Crippen LogP contribution in [0, 0.1) is 23.2 Å². The second-order valence-electron chi connectivity index (χ2n) is 10.1. The fraction of sp³-hybridized carbons (Fsp3) is 0.704. The first-order valence-corrected chi connectivity index (χ1v) is 12.4. The summed E-state index contributed by atoms with van der Waals surface area (Å²) in [6.45, 7) is 10.2. The molecule has 1 fully saturated rings. The fourth-order valence-electron chi connectivity index (χ4n) is 5.50. The molecule has 0 aromatic carbocycles. The summed E-state index contributed by atoms with van der Waals surface area (Å²) in [5.41, 5.74) is 0.0616. The van der Waals surface area contributed by atoms with Gasteiger partial charge in [0.2, 0.25) is 0 Å². The third-order valence-corrected chi connectivity index (χ3v) is 7.62. The Kier molecular flexibility index (Phi) is 9.84. The van der Waals surface area contributed by atoms with Crippen LogP contribution >= 0.6 is 0 Å². The number of ketones is 1. The summed E-state index contributed by atoms with van der Waals surface area (Å²) in [6, 6.07) is 0. The average molecular weight is 493 g/mol. The largest absolute Gasteiger partial charge is 0.469 e. The van der Waals surface area contributed by atoms with Crippen molar-refractivity contribution in [1.82, 2.24) is 0 Å². The minimum atomic E-state index is -1.13. The summed E-state index contributed by atoms with van der Waals surface area (Å²) in [7, 11) is 1.27. The maximum absolute atomic E-state index is 14.2. The molecule has 2 aliphatic carbocycles. The van der Waals surface area contributed by atoms with E-state index in [1.807, 2.05) is 13.8 Å². The van der Waals surface area contributed by atoms with E-state index in [9.17, 15) is 24.3 Å². The van der Waals surface area contributed by atoms with Crippen molar-refractivity contribution in [2.24, 2.45) is 23.2 Å². The summed E-state index contributed by atoms with van der Waals surface area (Å²) in [5.74, 6) is -4.10. The van der Waals surface area contributed by atoms with Gasteiger partial charge < -0.3 is 19.3 Å². The highest BCUT2D eigenvalue weighted by Crippen LogP contribution is 2.52. The number of rotatable bonds is 6. The second kappa shape index (κ2) is 12.0. The molecule has 0 saturated heterocycles. The van der Waals surface area contributed by atoms with Crippen molar-refractivity contribution in [1.29, 1.82) is 0 Å². The molecule has 2 aliphatic rings. The molecule has 0 bridgehead atoms. The number of methoxy groups -OCH3 is 1. The van der Waals surface area contributed by atoms with Crippen LogP contribution in [-0.2, 0) is 33.4 Å². The Balaban J connectivity index is 2.76. The van der Waals surface area contributed by atoms with Gasteiger partial charge in [-0.2, -0.15) is 0 Å². The number of aliphatic hydroxyl groups is 1. The van der Waals surface area contributed by atoms with E-state index >= 15 is 0 Å². The highest BCUT2D eigenvalue weighted by atomic mass is 16.6. The summed E-state index contributed by atoms with van der Waals surface area (Å²) in [6.07, 6.45) is 2.85. The van der Waals surface area contributed by atoms with Crippen molar-refractivity contribution in [3.63, 3.8) is 0 Å². The molecule has 0 aliphatic heterocycles. The van der Waals surface area contributed by atoms with Gasteiger partial charge in [0.15, 0.2) is 5.78 Å². The van der Waals surface area contributed by atoms with Gasteiger partial charge in [-0.15, -0.1) is 0 Å². The van der Waals surface area contributed by atoms with E-state index in [-0.39, 0.29) is 30.2 Å². The van der Waals surface area contributed by atoms with Crippen LogP contribution in [0.1, 0.15) is 73.6 Å². The molecule has 0 amide bonds. The van der Waals surface area contributed by atoms with E-state index in [1.165, 1.54) is 14.0 Å². The quantitative estimate of drug-likeness (QED) is 0.441. The van der Waals surface area contributed by atoms with Crippen LogP contribution in [0.25, 0.3) is 0 Å². The number of carbonyl (C=O) groups excluding carboxylic acids is 4. The van der Waals surface area contributed by atoms with E-state index in [4.69, 9.17) is 14.2 Å². The van der Waals surface area contributed by atoms with E-state index in [1.54, 1.807) is 32.9 Å². The standard InChI is InChI=1S/C27H40O8/c1-8-9-23(30)35-21-13-11-15(2)10-12-19(16(3)26(32)33-7)25(31)24-17(4)20(29)14-22(27(21,24)6)34-18(5)28/h10,12,16-17,20-22,24,29H,8-9,11,13-14H2,1-7H3/b15-10-,19-12-/t16-,17-,20-,21+,22+,24-,27+/m1/s1. The first kappa shape index (κ1) is 28.8. The maximum atomic E-state index is 14.2. The van der Waals surface area contributed by atoms with Crippen molar-refractivity contribution in [2.45, 2.75) is 92.0 Å². The molecule has 7 atom stereocenters. The van der Waals surface area contributed by atoms with Gasteiger partial charge in [-0.05, 0) is 39.0 Å². The first-order chi connectivity index (χ1) is 16.4. The van der Waals surface area contributed by atoms with Crippen LogP contribution in [0.5, 0.6) is 0 Å². The average Bonchev–Trinajstić information content (AvgIpc) is 2.78. The molecule has 1 N–H and O–H groups in total. The first-order valence-electron chi connectivity index (χ1n) is 12.4. The lowest BCUT2D eigenvalue weighted by Gasteiger charge is -2.53. The smallest absolute Gasteiger partial charge is 0.312 e. The van der Waals surface area contributed by atoms with Crippen LogP contribution in [0.4, 0.5) is 0 Å². The van der Waals surface area contributed by atoms with Crippen LogP contribution in [0.3, 0.4) is 0 Å². The van der Waals surface area contributed by atoms with Crippen molar-refractivity contribution >= 4 is 23.7 Å². The molecule has 0 spiro atoms. The Labute approximate surface area is 208 Å². The molecule has 0 radical (unpaired) electrons. The number of allylic oxidation sites excluding steroid dienone is 3. The molecular weight excluding hydrogens is 452 g/mol. The maximum Gasteiger partial charge on any atom is 0.312 e. The third kappa shape index (κ3) is 6.21. The van der Waals surface area contributed by atoms with Crippen LogP contribution in [0.15, 0.2) is 23.3 Å². The Morgan fingerprint density at radius 1 is 1.20 bits per heavy atom. The second-order valence-corrected chi connectivity index (χ2v) is 10.1. The van der Waals surface area contributed by atoms with E-state index in [0.717, 1.165) is 5.57 Å². The molecular formula is C27H40O8.